The maximum absolute atomic E-state index is 12.7. The molecule has 1 aromatic carbocycles. The third-order valence-electron chi connectivity index (χ3n) is 4.89. The van der Waals surface area contributed by atoms with Crippen molar-refractivity contribution in [3.8, 4) is 0 Å². The Kier molecular flexibility index (Phi) is 4.67. The number of hydrogen-bond acceptors (Lipinski definition) is 3. The fraction of sp³-hybridized carbons (Fsp3) is 0.611. The highest BCUT2D eigenvalue weighted by atomic mass is 16.3. The summed E-state index contributed by atoms with van der Waals surface area (Å²) >= 11 is 0. The molecule has 0 spiro atoms. The van der Waals surface area contributed by atoms with Crippen LogP contribution in [0.25, 0.3) is 0 Å². The zero-order chi connectivity index (χ0) is 15.5. The highest BCUT2D eigenvalue weighted by molar-refractivity contribution is 6.00. The number of nitrogens with one attached hydrogen (secondary N) is 1. The van der Waals surface area contributed by atoms with Gasteiger partial charge in [-0.05, 0) is 44.7 Å². The van der Waals surface area contributed by atoms with Crippen LogP contribution in [0.2, 0.25) is 0 Å². The monoisotopic (exact) mass is 302 g/mol. The number of aliphatic hydroxyl groups is 1. The van der Waals surface area contributed by atoms with Gasteiger partial charge in [-0.1, -0.05) is 24.5 Å². The SMILES string of the molecule is Cc1ccc(N2CCCC2)c(C(=O)NC2CCCCC2O)c1. The fourth-order valence-corrected chi connectivity index (χ4v) is 3.59. The van der Waals surface area contributed by atoms with Crippen molar-refractivity contribution in [3.63, 3.8) is 0 Å². The van der Waals surface area contributed by atoms with E-state index in [4.69, 9.17) is 0 Å². The summed E-state index contributed by atoms with van der Waals surface area (Å²) in [6.45, 7) is 4.06. The van der Waals surface area contributed by atoms with Crippen LogP contribution in [0, 0.1) is 6.92 Å². The van der Waals surface area contributed by atoms with E-state index in [0.717, 1.165) is 55.6 Å². The van der Waals surface area contributed by atoms with Gasteiger partial charge in [0.05, 0.1) is 17.7 Å². The lowest BCUT2D eigenvalue weighted by atomic mass is 9.92. The number of nitrogens with zero attached hydrogens (tertiary/aromatic N) is 1. The van der Waals surface area contributed by atoms with Crippen molar-refractivity contribution < 1.29 is 9.90 Å². The number of benzene rings is 1. The van der Waals surface area contributed by atoms with E-state index < -0.39 is 6.10 Å². The van der Waals surface area contributed by atoms with Crippen molar-refractivity contribution in [2.45, 2.75) is 57.6 Å². The minimum Gasteiger partial charge on any atom is -0.391 e. The Morgan fingerprint density at radius 3 is 2.64 bits per heavy atom. The van der Waals surface area contributed by atoms with E-state index in [0.29, 0.717) is 0 Å². The van der Waals surface area contributed by atoms with Crippen LogP contribution >= 0.6 is 0 Å². The third-order valence-corrected chi connectivity index (χ3v) is 4.89. The molecule has 22 heavy (non-hydrogen) atoms. The second-order valence-corrected chi connectivity index (χ2v) is 6.65. The molecule has 1 saturated carbocycles. The molecule has 4 heteroatoms. The van der Waals surface area contributed by atoms with Crippen LogP contribution in [0.1, 0.15) is 54.4 Å². The molecule has 3 rings (SSSR count). The van der Waals surface area contributed by atoms with Gasteiger partial charge in [-0.15, -0.1) is 0 Å². The van der Waals surface area contributed by atoms with Crippen LogP contribution in [0.15, 0.2) is 18.2 Å². The number of carbonyl (C=O) groups is 1. The van der Waals surface area contributed by atoms with Gasteiger partial charge in [0.1, 0.15) is 0 Å². The predicted octanol–water partition coefficient (Wildman–Crippen LogP) is 2.63. The molecule has 1 amide bonds. The Hall–Kier alpha value is -1.55. The molecule has 2 fully saturated rings. The van der Waals surface area contributed by atoms with Crippen LogP contribution < -0.4 is 10.2 Å². The largest absolute Gasteiger partial charge is 0.391 e. The smallest absolute Gasteiger partial charge is 0.253 e. The van der Waals surface area contributed by atoms with E-state index in [1.54, 1.807) is 0 Å². The van der Waals surface area contributed by atoms with Gasteiger partial charge in [0.15, 0.2) is 0 Å². The standard InChI is InChI=1S/C18H26N2O2/c1-13-8-9-16(20-10-4-5-11-20)14(12-13)18(22)19-15-6-2-3-7-17(15)21/h8-9,12,15,17,21H,2-7,10-11H2,1H3,(H,19,22). The molecule has 2 aliphatic rings. The molecule has 4 nitrogen and oxygen atoms in total. The van der Waals surface area contributed by atoms with Gasteiger partial charge in [-0.2, -0.15) is 0 Å². The van der Waals surface area contributed by atoms with Gasteiger partial charge in [0.25, 0.3) is 5.91 Å². The summed E-state index contributed by atoms with van der Waals surface area (Å²) in [4.78, 5) is 15.0. The Bertz CT molecular complexity index is 538. The molecule has 0 radical (unpaired) electrons. The molecule has 2 N–H and O–H groups in total. The Labute approximate surface area is 132 Å². The average molecular weight is 302 g/mol. The van der Waals surface area contributed by atoms with Crippen LogP contribution in [-0.4, -0.2) is 36.2 Å². The molecule has 2 atom stereocenters. The maximum Gasteiger partial charge on any atom is 0.253 e. The minimum atomic E-state index is -0.405. The molecule has 1 aliphatic heterocycles. The Morgan fingerprint density at radius 1 is 1.18 bits per heavy atom. The van der Waals surface area contributed by atoms with Crippen molar-refractivity contribution >= 4 is 11.6 Å². The topological polar surface area (TPSA) is 52.6 Å². The van der Waals surface area contributed by atoms with E-state index in [-0.39, 0.29) is 11.9 Å². The highest BCUT2D eigenvalue weighted by Crippen LogP contribution is 2.26. The van der Waals surface area contributed by atoms with Crippen molar-refractivity contribution in [3.05, 3.63) is 29.3 Å². The van der Waals surface area contributed by atoms with E-state index in [1.165, 1.54) is 12.8 Å². The van der Waals surface area contributed by atoms with Gasteiger partial charge in [-0.3, -0.25) is 4.79 Å². The first-order chi connectivity index (χ1) is 10.6. The van der Waals surface area contributed by atoms with Crippen LogP contribution in [0.4, 0.5) is 5.69 Å². The number of anilines is 1. The minimum absolute atomic E-state index is 0.0449. The summed E-state index contributed by atoms with van der Waals surface area (Å²) in [5, 5.41) is 13.1. The number of aryl methyl sites for hydroxylation is 1. The van der Waals surface area contributed by atoms with Crippen molar-refractivity contribution in [1.29, 1.82) is 0 Å². The molecular weight excluding hydrogens is 276 g/mol. The second kappa shape index (κ2) is 6.69. The molecule has 120 valence electrons. The van der Waals surface area contributed by atoms with Crippen LogP contribution in [0.5, 0.6) is 0 Å². The normalized spacial score (nSPS) is 25.3. The lowest BCUT2D eigenvalue weighted by Gasteiger charge is -2.29. The Balaban J connectivity index is 1.79. The number of hydrogen-bond donors (Lipinski definition) is 2. The maximum atomic E-state index is 12.7. The number of amides is 1. The average Bonchev–Trinajstić information content (AvgIpc) is 3.03. The fourth-order valence-electron chi connectivity index (χ4n) is 3.59. The Morgan fingerprint density at radius 2 is 1.91 bits per heavy atom. The zero-order valence-corrected chi connectivity index (χ0v) is 13.3. The first kappa shape index (κ1) is 15.3. The van der Waals surface area contributed by atoms with Crippen LogP contribution in [-0.2, 0) is 0 Å². The number of carbonyl (C=O) groups excluding carboxylic acids is 1. The molecule has 1 heterocycles. The lowest BCUT2D eigenvalue weighted by molar-refractivity contribution is 0.0717. The molecule has 0 bridgehead atoms. The molecule has 0 aromatic heterocycles. The quantitative estimate of drug-likeness (QED) is 0.902. The first-order valence-electron chi connectivity index (χ1n) is 8.49. The van der Waals surface area contributed by atoms with Gasteiger partial charge in [-0.25, -0.2) is 0 Å². The molecule has 1 saturated heterocycles. The molecular formula is C18H26N2O2. The molecule has 1 aliphatic carbocycles. The van der Waals surface area contributed by atoms with Crippen molar-refractivity contribution in [1.82, 2.24) is 5.32 Å². The summed E-state index contributed by atoms with van der Waals surface area (Å²) in [6, 6.07) is 6.00. The van der Waals surface area contributed by atoms with Crippen molar-refractivity contribution in [2.24, 2.45) is 0 Å². The van der Waals surface area contributed by atoms with Crippen molar-refractivity contribution in [2.75, 3.05) is 18.0 Å². The first-order valence-corrected chi connectivity index (χ1v) is 8.49. The zero-order valence-electron chi connectivity index (χ0n) is 13.3. The van der Waals surface area contributed by atoms with E-state index in [9.17, 15) is 9.90 Å². The lowest BCUT2D eigenvalue weighted by Crippen LogP contribution is -2.45. The summed E-state index contributed by atoms with van der Waals surface area (Å²) in [7, 11) is 0. The second-order valence-electron chi connectivity index (χ2n) is 6.65. The van der Waals surface area contributed by atoms with E-state index >= 15 is 0 Å². The summed E-state index contributed by atoms with van der Waals surface area (Å²) in [6.07, 6.45) is 5.77. The third kappa shape index (κ3) is 3.27. The van der Waals surface area contributed by atoms with Gasteiger partial charge in [0, 0.05) is 18.8 Å². The summed E-state index contributed by atoms with van der Waals surface area (Å²) in [5.74, 6) is -0.0449. The molecule has 1 aromatic rings. The van der Waals surface area contributed by atoms with Crippen LogP contribution in [0.3, 0.4) is 0 Å². The number of aliphatic hydroxyl groups excluding tert-OH is 1. The molecule has 2 unspecified atom stereocenters. The summed E-state index contributed by atoms with van der Waals surface area (Å²) < 4.78 is 0. The predicted molar refractivity (Wildman–Crippen MR) is 88.4 cm³/mol. The van der Waals surface area contributed by atoms with Gasteiger partial charge in [0.2, 0.25) is 0 Å². The number of rotatable bonds is 3. The van der Waals surface area contributed by atoms with E-state index in [2.05, 4.69) is 22.3 Å². The summed E-state index contributed by atoms with van der Waals surface area (Å²) in [5.41, 5.74) is 2.88. The van der Waals surface area contributed by atoms with E-state index in [1.807, 2.05) is 13.0 Å². The highest BCUT2D eigenvalue weighted by Gasteiger charge is 2.26. The van der Waals surface area contributed by atoms with Gasteiger partial charge < -0.3 is 15.3 Å². The van der Waals surface area contributed by atoms with Gasteiger partial charge >= 0.3 is 0 Å².